The molecule has 3 aliphatic rings. The molecule has 4 rings (SSSR count). The summed E-state index contributed by atoms with van der Waals surface area (Å²) in [6, 6.07) is 7.49. The Morgan fingerprint density at radius 1 is 1.23 bits per heavy atom. The van der Waals surface area contributed by atoms with Gasteiger partial charge in [0.2, 0.25) is 17.7 Å². The van der Waals surface area contributed by atoms with Gasteiger partial charge in [0.15, 0.2) is 0 Å². The highest BCUT2D eigenvalue weighted by atomic mass is 16.5. The van der Waals surface area contributed by atoms with Crippen molar-refractivity contribution >= 4 is 23.4 Å². The van der Waals surface area contributed by atoms with Crippen molar-refractivity contribution in [3.63, 3.8) is 0 Å². The van der Waals surface area contributed by atoms with Gasteiger partial charge >= 0.3 is 0 Å². The number of rotatable bonds is 5. The quantitative estimate of drug-likeness (QED) is 0.756. The Kier molecular flexibility index (Phi) is 6.21. The number of anilines is 1. The largest absolute Gasteiger partial charge is 0.497 e. The Labute approximate surface area is 183 Å². The molecule has 3 amide bonds. The molecule has 1 aliphatic carbocycles. The van der Waals surface area contributed by atoms with E-state index in [1.54, 1.807) is 12.0 Å². The van der Waals surface area contributed by atoms with Gasteiger partial charge < -0.3 is 20.3 Å². The molecule has 6 unspecified atom stereocenters. The highest BCUT2D eigenvalue weighted by molar-refractivity contribution is 6.00. The highest BCUT2D eigenvalue weighted by Crippen LogP contribution is 2.39. The smallest absolute Gasteiger partial charge is 0.227 e. The number of benzene rings is 1. The number of ether oxygens (including phenoxy) is 1. The molecule has 0 aromatic heterocycles. The third kappa shape index (κ3) is 4.27. The zero-order valence-electron chi connectivity index (χ0n) is 18.6. The van der Waals surface area contributed by atoms with Crippen molar-refractivity contribution in [2.75, 3.05) is 18.6 Å². The zero-order chi connectivity index (χ0) is 22.1. The van der Waals surface area contributed by atoms with Crippen LogP contribution in [-0.4, -0.2) is 43.5 Å². The van der Waals surface area contributed by atoms with Crippen LogP contribution in [0, 0.1) is 23.7 Å². The molecular formula is C24H33N3O4. The minimum absolute atomic E-state index is 0.0343. The molecule has 1 aromatic carbocycles. The second-order valence-corrected chi connectivity index (χ2v) is 9.27. The molecule has 2 saturated heterocycles. The van der Waals surface area contributed by atoms with Crippen molar-refractivity contribution in [1.29, 1.82) is 0 Å². The molecule has 2 heterocycles. The van der Waals surface area contributed by atoms with Crippen LogP contribution in [0.15, 0.2) is 24.3 Å². The fourth-order valence-electron chi connectivity index (χ4n) is 5.72. The third-order valence-electron chi connectivity index (χ3n) is 7.54. The van der Waals surface area contributed by atoms with Gasteiger partial charge in [-0.1, -0.05) is 13.8 Å². The van der Waals surface area contributed by atoms with Crippen LogP contribution in [0.5, 0.6) is 5.75 Å². The number of hydrogen-bond acceptors (Lipinski definition) is 4. The number of methoxy groups -OCH3 is 1. The van der Waals surface area contributed by atoms with Crippen molar-refractivity contribution < 1.29 is 19.1 Å². The number of fused-ring (bicyclic) bond motifs is 1. The molecule has 0 radical (unpaired) electrons. The predicted molar refractivity (Wildman–Crippen MR) is 118 cm³/mol. The minimum Gasteiger partial charge on any atom is -0.497 e. The van der Waals surface area contributed by atoms with E-state index < -0.39 is 0 Å². The maximum Gasteiger partial charge on any atom is 0.227 e. The predicted octanol–water partition coefficient (Wildman–Crippen LogP) is 2.49. The number of piperidine rings is 1. The normalized spacial score (nSPS) is 32.9. The molecule has 2 N–H and O–H groups in total. The van der Waals surface area contributed by atoms with Crippen molar-refractivity contribution in [3.8, 4) is 5.75 Å². The van der Waals surface area contributed by atoms with Crippen LogP contribution >= 0.6 is 0 Å². The van der Waals surface area contributed by atoms with Crippen molar-refractivity contribution in [2.45, 2.75) is 58.0 Å². The lowest BCUT2D eigenvalue weighted by atomic mass is 9.67. The van der Waals surface area contributed by atoms with E-state index in [-0.39, 0.29) is 48.1 Å². The average Bonchev–Trinajstić information content (AvgIpc) is 3.15. The van der Waals surface area contributed by atoms with Crippen LogP contribution in [0.25, 0.3) is 0 Å². The van der Waals surface area contributed by atoms with E-state index in [4.69, 9.17) is 4.74 Å². The van der Waals surface area contributed by atoms with Gasteiger partial charge in [0, 0.05) is 36.7 Å². The standard InChI is InChI=1S/C24H33N3O4/c1-4-19-14(2)20-10-5-16(12-21(20)26-24(19)30)25-23(29)15-11-22(28)27(13-15)17-6-8-18(31-3)9-7-17/h6-9,14-16,19-21H,4-5,10-13H2,1-3H3,(H,25,29)(H,26,30). The average molecular weight is 428 g/mol. The van der Waals surface area contributed by atoms with Gasteiger partial charge in [-0.3, -0.25) is 14.4 Å². The molecule has 0 spiro atoms. The lowest BCUT2D eigenvalue weighted by molar-refractivity contribution is -0.133. The molecule has 1 saturated carbocycles. The number of amides is 3. The first-order valence-electron chi connectivity index (χ1n) is 11.5. The lowest BCUT2D eigenvalue weighted by Crippen LogP contribution is -2.58. The first-order chi connectivity index (χ1) is 14.9. The molecule has 2 aliphatic heterocycles. The van der Waals surface area contributed by atoms with Gasteiger partial charge in [0.05, 0.1) is 13.0 Å². The van der Waals surface area contributed by atoms with Crippen molar-refractivity contribution in [3.05, 3.63) is 24.3 Å². The molecule has 3 fully saturated rings. The second-order valence-electron chi connectivity index (χ2n) is 9.27. The lowest BCUT2D eigenvalue weighted by Gasteiger charge is -2.46. The summed E-state index contributed by atoms with van der Waals surface area (Å²) in [5, 5.41) is 6.38. The number of nitrogens with one attached hydrogen (secondary N) is 2. The summed E-state index contributed by atoms with van der Waals surface area (Å²) in [6.45, 7) is 4.66. The molecule has 0 bridgehead atoms. The van der Waals surface area contributed by atoms with E-state index >= 15 is 0 Å². The van der Waals surface area contributed by atoms with E-state index in [0.717, 1.165) is 37.1 Å². The fourth-order valence-corrected chi connectivity index (χ4v) is 5.72. The van der Waals surface area contributed by atoms with Crippen LogP contribution in [0.1, 0.15) is 46.0 Å². The second kappa shape index (κ2) is 8.89. The summed E-state index contributed by atoms with van der Waals surface area (Å²) in [7, 11) is 1.60. The summed E-state index contributed by atoms with van der Waals surface area (Å²) >= 11 is 0. The van der Waals surface area contributed by atoms with E-state index in [2.05, 4.69) is 24.5 Å². The van der Waals surface area contributed by atoms with Gasteiger partial charge in [0.1, 0.15) is 5.75 Å². The molecule has 7 heteroatoms. The number of carbonyl (C=O) groups is 3. The number of nitrogens with zero attached hydrogens (tertiary/aromatic N) is 1. The number of hydrogen-bond donors (Lipinski definition) is 2. The molecule has 168 valence electrons. The van der Waals surface area contributed by atoms with Gasteiger partial charge in [-0.2, -0.15) is 0 Å². The van der Waals surface area contributed by atoms with Gasteiger partial charge in [-0.25, -0.2) is 0 Å². The molecular weight excluding hydrogens is 394 g/mol. The summed E-state index contributed by atoms with van der Waals surface area (Å²) in [5.74, 6) is 1.40. The van der Waals surface area contributed by atoms with Crippen molar-refractivity contribution in [1.82, 2.24) is 10.6 Å². The Balaban J connectivity index is 1.34. The van der Waals surface area contributed by atoms with Gasteiger partial charge in [0.25, 0.3) is 0 Å². The van der Waals surface area contributed by atoms with Crippen LogP contribution < -0.4 is 20.3 Å². The summed E-state index contributed by atoms with van der Waals surface area (Å²) < 4.78 is 5.17. The van der Waals surface area contributed by atoms with E-state index in [9.17, 15) is 14.4 Å². The Morgan fingerprint density at radius 3 is 2.65 bits per heavy atom. The van der Waals surface area contributed by atoms with Crippen LogP contribution in [0.4, 0.5) is 5.69 Å². The molecule has 31 heavy (non-hydrogen) atoms. The van der Waals surface area contributed by atoms with E-state index in [1.807, 2.05) is 24.3 Å². The number of carbonyl (C=O) groups excluding carboxylic acids is 3. The van der Waals surface area contributed by atoms with Crippen molar-refractivity contribution in [2.24, 2.45) is 23.7 Å². The summed E-state index contributed by atoms with van der Waals surface area (Å²) in [6.07, 6.45) is 3.80. The van der Waals surface area contributed by atoms with Gasteiger partial charge in [-0.05, 0) is 61.8 Å². The molecule has 1 aromatic rings. The molecule has 7 nitrogen and oxygen atoms in total. The van der Waals surface area contributed by atoms with Crippen LogP contribution in [0.2, 0.25) is 0 Å². The SMILES string of the molecule is CCC1C(=O)NC2CC(NC(=O)C3CC(=O)N(c4ccc(OC)cc4)C3)CCC2C1C. The highest BCUT2D eigenvalue weighted by Gasteiger charge is 2.44. The summed E-state index contributed by atoms with van der Waals surface area (Å²) in [5.41, 5.74) is 0.783. The summed E-state index contributed by atoms with van der Waals surface area (Å²) in [4.78, 5) is 39.6. The zero-order valence-corrected chi connectivity index (χ0v) is 18.6. The van der Waals surface area contributed by atoms with Crippen LogP contribution in [-0.2, 0) is 14.4 Å². The Hall–Kier alpha value is -2.57. The monoisotopic (exact) mass is 427 g/mol. The topological polar surface area (TPSA) is 87.7 Å². The molecule has 6 atom stereocenters. The maximum atomic E-state index is 12.9. The van der Waals surface area contributed by atoms with Gasteiger partial charge in [-0.15, -0.1) is 0 Å². The Morgan fingerprint density at radius 2 is 1.97 bits per heavy atom. The van der Waals surface area contributed by atoms with E-state index in [1.165, 1.54) is 0 Å². The third-order valence-corrected chi connectivity index (χ3v) is 7.54. The first-order valence-corrected chi connectivity index (χ1v) is 11.5. The first kappa shape index (κ1) is 21.7. The maximum absolute atomic E-state index is 12.9. The minimum atomic E-state index is -0.350. The van der Waals surface area contributed by atoms with Crippen LogP contribution in [0.3, 0.4) is 0 Å². The van der Waals surface area contributed by atoms with E-state index in [0.29, 0.717) is 18.4 Å². The Bertz CT molecular complexity index is 840. The fraction of sp³-hybridized carbons (Fsp3) is 0.625.